The molecule has 0 saturated carbocycles. The van der Waals surface area contributed by atoms with Crippen molar-refractivity contribution in [2.45, 2.75) is 45.7 Å². The molecule has 1 aliphatic rings. The maximum Gasteiger partial charge on any atom is 0.191 e. The predicted molar refractivity (Wildman–Crippen MR) is 120 cm³/mol. The fourth-order valence-corrected chi connectivity index (χ4v) is 3.79. The molecule has 1 aliphatic heterocycles. The normalized spacial score (nSPS) is 16.0. The number of guanidine groups is 1. The van der Waals surface area contributed by atoms with Gasteiger partial charge in [0.05, 0.1) is 0 Å². The summed E-state index contributed by atoms with van der Waals surface area (Å²) in [7, 11) is 0. The number of hydrogen-bond donors (Lipinski definition) is 3. The number of phenols is 1. The van der Waals surface area contributed by atoms with E-state index in [-0.39, 0.29) is 0 Å². The zero-order chi connectivity index (χ0) is 20.5. The molecule has 5 heteroatoms. The van der Waals surface area contributed by atoms with Gasteiger partial charge in [-0.3, -0.25) is 9.89 Å². The molecule has 2 aromatic carbocycles. The highest BCUT2D eigenvalue weighted by molar-refractivity contribution is 5.80. The first-order valence-corrected chi connectivity index (χ1v) is 10.7. The monoisotopic (exact) mass is 394 g/mol. The summed E-state index contributed by atoms with van der Waals surface area (Å²) >= 11 is 0. The minimum atomic E-state index is 0.314. The maximum atomic E-state index is 9.59. The summed E-state index contributed by atoms with van der Waals surface area (Å²) < 4.78 is 0. The van der Waals surface area contributed by atoms with Crippen molar-refractivity contribution in [2.75, 3.05) is 26.2 Å². The van der Waals surface area contributed by atoms with Gasteiger partial charge in [-0.05, 0) is 61.9 Å². The lowest BCUT2D eigenvalue weighted by Gasteiger charge is -2.33. The van der Waals surface area contributed by atoms with Gasteiger partial charge >= 0.3 is 0 Å². The van der Waals surface area contributed by atoms with Crippen LogP contribution in [0.25, 0.3) is 0 Å². The molecular formula is C24H34N4O. The Morgan fingerprint density at radius 2 is 1.93 bits per heavy atom. The standard InChI is InChI=1S/C24H34N4O/c1-3-25-24(26-14-11-20-8-6-10-23(29)17-20)27-22-12-15-28(16-13-22)18-21-9-5-4-7-19(21)2/h4-10,17,22,29H,3,11-16,18H2,1-2H3,(H2,25,26,27). The van der Waals surface area contributed by atoms with Crippen molar-refractivity contribution in [1.82, 2.24) is 15.5 Å². The Morgan fingerprint density at radius 1 is 1.14 bits per heavy atom. The molecule has 1 heterocycles. The number of piperidine rings is 1. The molecule has 0 spiro atoms. The van der Waals surface area contributed by atoms with Gasteiger partial charge in [-0.15, -0.1) is 0 Å². The lowest BCUT2D eigenvalue weighted by molar-refractivity contribution is 0.198. The topological polar surface area (TPSA) is 59.9 Å². The summed E-state index contributed by atoms with van der Waals surface area (Å²) in [4.78, 5) is 7.28. The second-order valence-corrected chi connectivity index (χ2v) is 7.80. The van der Waals surface area contributed by atoms with E-state index in [1.54, 1.807) is 12.1 Å². The number of aryl methyl sites for hydroxylation is 1. The van der Waals surface area contributed by atoms with Crippen LogP contribution in [0.2, 0.25) is 0 Å². The molecule has 3 N–H and O–H groups in total. The van der Waals surface area contributed by atoms with E-state index in [9.17, 15) is 5.11 Å². The SMILES string of the molecule is CCNC(=NCCc1cccc(O)c1)NC1CCN(Cc2ccccc2C)CC1. The highest BCUT2D eigenvalue weighted by Gasteiger charge is 2.20. The molecule has 5 nitrogen and oxygen atoms in total. The number of likely N-dealkylation sites (tertiary alicyclic amines) is 1. The molecule has 29 heavy (non-hydrogen) atoms. The van der Waals surface area contributed by atoms with Crippen LogP contribution in [0.3, 0.4) is 0 Å². The molecule has 3 rings (SSSR count). The third-order valence-electron chi connectivity index (χ3n) is 5.51. The van der Waals surface area contributed by atoms with Crippen LogP contribution in [0, 0.1) is 6.92 Å². The largest absolute Gasteiger partial charge is 0.508 e. The minimum absolute atomic E-state index is 0.314. The average molecular weight is 395 g/mol. The second kappa shape index (κ2) is 10.9. The van der Waals surface area contributed by atoms with Gasteiger partial charge in [-0.25, -0.2) is 0 Å². The smallest absolute Gasteiger partial charge is 0.191 e. The highest BCUT2D eigenvalue weighted by Crippen LogP contribution is 2.16. The predicted octanol–water partition coefficient (Wildman–Crippen LogP) is 3.46. The third kappa shape index (κ3) is 6.79. The molecule has 0 bridgehead atoms. The quantitative estimate of drug-likeness (QED) is 0.497. The number of phenolic OH excluding ortho intramolecular Hbond substituents is 1. The van der Waals surface area contributed by atoms with E-state index in [0.717, 1.165) is 57.0 Å². The molecule has 0 radical (unpaired) electrons. The van der Waals surface area contributed by atoms with Crippen molar-refractivity contribution < 1.29 is 5.11 Å². The first-order valence-electron chi connectivity index (χ1n) is 10.7. The summed E-state index contributed by atoms with van der Waals surface area (Å²) in [5.74, 6) is 1.21. The summed E-state index contributed by atoms with van der Waals surface area (Å²) in [6.45, 7) is 9.09. The van der Waals surface area contributed by atoms with E-state index in [1.807, 2.05) is 12.1 Å². The van der Waals surface area contributed by atoms with Crippen molar-refractivity contribution in [3.63, 3.8) is 0 Å². The van der Waals surface area contributed by atoms with Crippen molar-refractivity contribution in [1.29, 1.82) is 0 Å². The fourth-order valence-electron chi connectivity index (χ4n) is 3.79. The Morgan fingerprint density at radius 3 is 2.66 bits per heavy atom. The molecular weight excluding hydrogens is 360 g/mol. The van der Waals surface area contributed by atoms with Crippen LogP contribution in [-0.2, 0) is 13.0 Å². The lowest BCUT2D eigenvalue weighted by atomic mass is 10.0. The van der Waals surface area contributed by atoms with Gasteiger partial charge in [-0.1, -0.05) is 36.4 Å². The first-order chi connectivity index (χ1) is 14.1. The van der Waals surface area contributed by atoms with Gasteiger partial charge in [0.25, 0.3) is 0 Å². The Labute approximate surface area is 174 Å². The number of benzene rings is 2. The van der Waals surface area contributed by atoms with Crippen LogP contribution in [0.5, 0.6) is 5.75 Å². The van der Waals surface area contributed by atoms with Crippen molar-refractivity contribution in [3.8, 4) is 5.75 Å². The molecule has 0 aliphatic carbocycles. The highest BCUT2D eigenvalue weighted by atomic mass is 16.3. The number of nitrogens with one attached hydrogen (secondary N) is 2. The number of aromatic hydroxyl groups is 1. The Kier molecular flexibility index (Phi) is 7.94. The van der Waals surface area contributed by atoms with Crippen LogP contribution >= 0.6 is 0 Å². The number of aliphatic imine (C=N–C) groups is 1. The number of nitrogens with zero attached hydrogens (tertiary/aromatic N) is 2. The molecule has 0 atom stereocenters. The van der Waals surface area contributed by atoms with E-state index < -0.39 is 0 Å². The first kappa shape index (κ1) is 21.2. The van der Waals surface area contributed by atoms with E-state index in [1.165, 1.54) is 11.1 Å². The van der Waals surface area contributed by atoms with Gasteiger partial charge in [0, 0.05) is 38.8 Å². The maximum absolute atomic E-state index is 9.59. The Bertz CT molecular complexity index is 797. The molecule has 0 unspecified atom stereocenters. The van der Waals surface area contributed by atoms with Crippen LogP contribution in [0.1, 0.15) is 36.5 Å². The van der Waals surface area contributed by atoms with E-state index in [2.05, 4.69) is 53.6 Å². The van der Waals surface area contributed by atoms with Gasteiger partial charge in [-0.2, -0.15) is 0 Å². The average Bonchev–Trinajstić information content (AvgIpc) is 2.71. The van der Waals surface area contributed by atoms with Crippen LogP contribution in [-0.4, -0.2) is 48.2 Å². The van der Waals surface area contributed by atoms with Crippen LogP contribution in [0.4, 0.5) is 0 Å². The summed E-state index contributed by atoms with van der Waals surface area (Å²) in [5.41, 5.74) is 3.91. The van der Waals surface area contributed by atoms with Gasteiger partial charge < -0.3 is 15.7 Å². The van der Waals surface area contributed by atoms with E-state index >= 15 is 0 Å². The van der Waals surface area contributed by atoms with Crippen molar-refractivity contribution >= 4 is 5.96 Å². The van der Waals surface area contributed by atoms with Crippen LogP contribution < -0.4 is 10.6 Å². The molecule has 1 fully saturated rings. The molecule has 0 aromatic heterocycles. The molecule has 0 amide bonds. The number of rotatable bonds is 7. The molecule has 1 saturated heterocycles. The molecule has 2 aromatic rings. The summed E-state index contributed by atoms with van der Waals surface area (Å²) in [6, 6.07) is 16.5. The third-order valence-corrected chi connectivity index (χ3v) is 5.51. The van der Waals surface area contributed by atoms with Gasteiger partial charge in [0.1, 0.15) is 5.75 Å². The summed E-state index contributed by atoms with van der Waals surface area (Å²) in [6.07, 6.45) is 3.07. The second-order valence-electron chi connectivity index (χ2n) is 7.80. The van der Waals surface area contributed by atoms with Crippen molar-refractivity contribution in [3.05, 3.63) is 65.2 Å². The van der Waals surface area contributed by atoms with Crippen LogP contribution in [0.15, 0.2) is 53.5 Å². The van der Waals surface area contributed by atoms with Gasteiger partial charge in [0.2, 0.25) is 0 Å². The fraction of sp³-hybridized carbons (Fsp3) is 0.458. The summed E-state index contributed by atoms with van der Waals surface area (Å²) in [5, 5.41) is 16.6. The van der Waals surface area contributed by atoms with E-state index in [0.29, 0.717) is 18.3 Å². The number of hydrogen-bond acceptors (Lipinski definition) is 3. The van der Waals surface area contributed by atoms with E-state index in [4.69, 9.17) is 4.99 Å². The zero-order valence-electron chi connectivity index (χ0n) is 17.7. The molecule has 156 valence electrons. The minimum Gasteiger partial charge on any atom is -0.508 e. The van der Waals surface area contributed by atoms with Gasteiger partial charge in [0.15, 0.2) is 5.96 Å². The van der Waals surface area contributed by atoms with Crippen molar-refractivity contribution in [2.24, 2.45) is 4.99 Å². The lowest BCUT2D eigenvalue weighted by Crippen LogP contribution is -2.48. The Hall–Kier alpha value is -2.53. The zero-order valence-corrected chi connectivity index (χ0v) is 17.7. The Balaban J connectivity index is 1.46.